The van der Waals surface area contributed by atoms with Crippen LogP contribution < -0.4 is 14.6 Å². The lowest BCUT2D eigenvalue weighted by Crippen LogP contribution is -2.50. The monoisotopic (exact) mass is 388 g/mol. The predicted molar refractivity (Wildman–Crippen MR) is 113 cm³/mol. The van der Waals surface area contributed by atoms with Crippen LogP contribution in [0.3, 0.4) is 0 Å². The first-order valence-corrected chi connectivity index (χ1v) is 10.0. The summed E-state index contributed by atoms with van der Waals surface area (Å²) in [6.45, 7) is 3.17. The predicted octanol–water partition coefficient (Wildman–Crippen LogP) is 2.82. The van der Waals surface area contributed by atoms with E-state index in [0.29, 0.717) is 13.1 Å². The molecule has 1 aliphatic heterocycles. The zero-order valence-corrected chi connectivity index (χ0v) is 16.5. The Morgan fingerprint density at radius 1 is 0.862 bits per heavy atom. The SMILES string of the molecule is O=C(COc1ccccc1Cc1ccccc1)N1CCN(c2cc[nH+]cc2)CC1. The number of carbonyl (C=O) groups is 1. The van der Waals surface area contributed by atoms with Gasteiger partial charge < -0.3 is 14.5 Å². The van der Waals surface area contributed by atoms with Crippen molar-refractivity contribution in [2.75, 3.05) is 37.7 Å². The lowest BCUT2D eigenvalue weighted by atomic mass is 10.0. The molecule has 4 rings (SSSR count). The third-order valence-electron chi connectivity index (χ3n) is 5.26. The number of H-pyrrole nitrogens is 1. The first-order valence-electron chi connectivity index (χ1n) is 10.0. The number of aromatic amines is 1. The molecule has 0 atom stereocenters. The highest BCUT2D eigenvalue weighted by Gasteiger charge is 2.22. The number of benzene rings is 2. The van der Waals surface area contributed by atoms with Crippen molar-refractivity contribution in [2.45, 2.75) is 6.42 Å². The number of hydrogen-bond donors (Lipinski definition) is 0. The van der Waals surface area contributed by atoms with Gasteiger partial charge in [0.2, 0.25) is 0 Å². The van der Waals surface area contributed by atoms with Crippen molar-refractivity contribution in [1.82, 2.24) is 4.90 Å². The largest absolute Gasteiger partial charge is 0.483 e. The second-order valence-electron chi connectivity index (χ2n) is 7.18. The molecule has 0 aliphatic carbocycles. The Bertz CT molecular complexity index is 923. The maximum Gasteiger partial charge on any atom is 0.260 e. The minimum Gasteiger partial charge on any atom is -0.483 e. The van der Waals surface area contributed by atoms with Gasteiger partial charge in [-0.1, -0.05) is 48.5 Å². The third kappa shape index (κ3) is 4.93. The minimum absolute atomic E-state index is 0.0422. The fourth-order valence-electron chi connectivity index (χ4n) is 3.64. The van der Waals surface area contributed by atoms with Crippen LogP contribution in [0.1, 0.15) is 11.1 Å². The maximum atomic E-state index is 12.7. The van der Waals surface area contributed by atoms with Gasteiger partial charge in [0.05, 0.1) is 0 Å². The van der Waals surface area contributed by atoms with E-state index >= 15 is 0 Å². The molecule has 148 valence electrons. The molecule has 0 unspecified atom stereocenters. The highest BCUT2D eigenvalue weighted by atomic mass is 16.5. The van der Waals surface area contributed by atoms with Gasteiger partial charge in [-0.3, -0.25) is 4.79 Å². The number of ether oxygens (including phenoxy) is 1. The summed E-state index contributed by atoms with van der Waals surface area (Å²) < 4.78 is 5.93. The van der Waals surface area contributed by atoms with Crippen LogP contribution in [0.15, 0.2) is 79.1 Å². The number of aromatic nitrogens is 1. The molecule has 2 heterocycles. The van der Waals surface area contributed by atoms with E-state index in [1.165, 1.54) is 11.3 Å². The van der Waals surface area contributed by atoms with E-state index in [9.17, 15) is 4.79 Å². The Hall–Kier alpha value is -3.34. The Balaban J connectivity index is 1.31. The lowest BCUT2D eigenvalue weighted by molar-refractivity contribution is -0.377. The number of hydrogen-bond acceptors (Lipinski definition) is 3. The van der Waals surface area contributed by atoms with Crippen molar-refractivity contribution < 1.29 is 14.5 Å². The first kappa shape index (κ1) is 19.0. The van der Waals surface area contributed by atoms with E-state index in [4.69, 9.17) is 4.74 Å². The molecule has 0 bridgehead atoms. The summed E-state index contributed by atoms with van der Waals surface area (Å²) in [6, 6.07) is 22.4. The molecule has 1 aromatic heterocycles. The average Bonchev–Trinajstić information content (AvgIpc) is 2.80. The molecular weight excluding hydrogens is 362 g/mol. The van der Waals surface area contributed by atoms with Crippen LogP contribution in [0.25, 0.3) is 0 Å². The quantitative estimate of drug-likeness (QED) is 0.652. The van der Waals surface area contributed by atoms with E-state index in [1.54, 1.807) is 0 Å². The van der Waals surface area contributed by atoms with Gasteiger partial charge in [0.1, 0.15) is 5.75 Å². The molecule has 3 aromatic rings. The van der Waals surface area contributed by atoms with Crippen molar-refractivity contribution in [1.29, 1.82) is 0 Å². The summed E-state index contributed by atoms with van der Waals surface area (Å²) in [4.78, 5) is 19.9. The van der Waals surface area contributed by atoms with Crippen LogP contribution in [0.5, 0.6) is 5.75 Å². The third-order valence-corrected chi connectivity index (χ3v) is 5.26. The molecule has 1 aliphatic rings. The molecular formula is C24H26N3O2+. The lowest BCUT2D eigenvalue weighted by Gasteiger charge is -2.35. The van der Waals surface area contributed by atoms with Gasteiger partial charge in [0, 0.05) is 50.4 Å². The summed E-state index contributed by atoms with van der Waals surface area (Å²) in [6.07, 6.45) is 4.64. The van der Waals surface area contributed by atoms with E-state index in [-0.39, 0.29) is 12.5 Å². The molecule has 0 spiro atoms. The molecule has 0 radical (unpaired) electrons. The number of nitrogens with zero attached hydrogens (tertiary/aromatic N) is 2. The van der Waals surface area contributed by atoms with E-state index in [1.807, 2.05) is 53.7 Å². The average molecular weight is 388 g/mol. The molecule has 1 amide bonds. The highest BCUT2D eigenvalue weighted by molar-refractivity contribution is 5.78. The molecule has 5 heteroatoms. The van der Waals surface area contributed by atoms with Crippen molar-refractivity contribution >= 4 is 11.6 Å². The Morgan fingerprint density at radius 3 is 2.31 bits per heavy atom. The number of nitrogens with one attached hydrogen (secondary N) is 1. The molecule has 29 heavy (non-hydrogen) atoms. The molecule has 1 saturated heterocycles. The second-order valence-corrected chi connectivity index (χ2v) is 7.18. The number of carbonyl (C=O) groups excluding carboxylic acids is 1. The van der Waals surface area contributed by atoms with E-state index in [2.05, 4.69) is 40.2 Å². The second kappa shape index (κ2) is 9.24. The molecule has 1 N–H and O–H groups in total. The van der Waals surface area contributed by atoms with Crippen LogP contribution in [0.4, 0.5) is 5.69 Å². The van der Waals surface area contributed by atoms with Crippen LogP contribution in [-0.4, -0.2) is 43.6 Å². The van der Waals surface area contributed by atoms with Gasteiger partial charge in [0.15, 0.2) is 19.0 Å². The number of amides is 1. The fourth-order valence-corrected chi connectivity index (χ4v) is 3.64. The molecule has 2 aromatic carbocycles. The Kier molecular flexibility index (Phi) is 6.05. The normalized spacial score (nSPS) is 13.9. The number of piperazine rings is 1. The van der Waals surface area contributed by atoms with E-state index in [0.717, 1.165) is 30.8 Å². The van der Waals surface area contributed by atoms with Gasteiger partial charge in [-0.2, -0.15) is 0 Å². The minimum atomic E-state index is 0.0422. The summed E-state index contributed by atoms with van der Waals surface area (Å²) >= 11 is 0. The highest BCUT2D eigenvalue weighted by Crippen LogP contribution is 2.22. The standard InChI is InChI=1S/C24H25N3O2/c28-24(27-16-14-26(15-17-27)22-10-12-25-13-11-22)19-29-23-9-5-4-8-21(23)18-20-6-2-1-3-7-20/h1-13H,14-19H2/p+1. The van der Waals surface area contributed by atoms with Crippen molar-refractivity contribution in [2.24, 2.45) is 0 Å². The number of anilines is 1. The Labute approximate surface area is 171 Å². The van der Waals surface area contributed by atoms with Crippen LogP contribution >= 0.6 is 0 Å². The summed E-state index contributed by atoms with van der Waals surface area (Å²) in [7, 11) is 0. The van der Waals surface area contributed by atoms with Crippen molar-refractivity contribution in [3.05, 3.63) is 90.3 Å². The number of para-hydroxylation sites is 1. The molecule has 0 saturated carbocycles. The summed E-state index contributed by atoms with van der Waals surface area (Å²) in [5.41, 5.74) is 3.50. The summed E-state index contributed by atoms with van der Waals surface area (Å²) in [5, 5.41) is 0. The zero-order valence-electron chi connectivity index (χ0n) is 16.5. The zero-order chi connectivity index (χ0) is 19.9. The molecule has 1 fully saturated rings. The van der Waals surface area contributed by atoms with E-state index < -0.39 is 0 Å². The number of pyridine rings is 1. The topological polar surface area (TPSA) is 46.9 Å². The van der Waals surface area contributed by atoms with Gasteiger partial charge in [0.25, 0.3) is 5.91 Å². The van der Waals surface area contributed by atoms with Crippen molar-refractivity contribution in [3.63, 3.8) is 0 Å². The summed E-state index contributed by atoms with van der Waals surface area (Å²) in [5.74, 6) is 0.824. The Morgan fingerprint density at radius 2 is 1.55 bits per heavy atom. The van der Waals surface area contributed by atoms with Gasteiger partial charge in [-0.25, -0.2) is 4.98 Å². The fraction of sp³-hybridized carbons (Fsp3) is 0.250. The van der Waals surface area contributed by atoms with Gasteiger partial charge >= 0.3 is 0 Å². The van der Waals surface area contributed by atoms with Gasteiger partial charge in [-0.15, -0.1) is 0 Å². The number of rotatable bonds is 6. The van der Waals surface area contributed by atoms with Crippen LogP contribution in [0, 0.1) is 0 Å². The van der Waals surface area contributed by atoms with Gasteiger partial charge in [-0.05, 0) is 17.2 Å². The first-order chi connectivity index (χ1) is 14.3. The van der Waals surface area contributed by atoms with Crippen molar-refractivity contribution in [3.8, 4) is 5.75 Å². The molecule has 5 nitrogen and oxygen atoms in total. The van der Waals surface area contributed by atoms with Crippen LogP contribution in [0.2, 0.25) is 0 Å². The maximum absolute atomic E-state index is 12.7. The van der Waals surface area contributed by atoms with Crippen LogP contribution in [-0.2, 0) is 11.2 Å². The smallest absolute Gasteiger partial charge is 0.260 e.